The topological polar surface area (TPSA) is 98.9 Å². The van der Waals surface area contributed by atoms with Gasteiger partial charge in [-0.25, -0.2) is 9.59 Å². The number of ketones is 1. The first kappa shape index (κ1) is 21.3. The number of nitrogens with zero attached hydrogens (tertiary/aromatic N) is 1. The molecule has 7 heteroatoms. The van der Waals surface area contributed by atoms with E-state index in [2.05, 4.69) is 0 Å². The maximum atomic E-state index is 13.2. The summed E-state index contributed by atoms with van der Waals surface area (Å²) in [6.07, 6.45) is 3.45. The van der Waals surface area contributed by atoms with Crippen molar-refractivity contribution < 1.29 is 23.9 Å². The maximum absolute atomic E-state index is 13.2. The van der Waals surface area contributed by atoms with Gasteiger partial charge in [-0.1, -0.05) is 43.2 Å². The minimum atomic E-state index is -1.44. The fourth-order valence-corrected chi connectivity index (χ4v) is 5.40. The largest absolute Gasteiger partial charge is 0.467 e. The van der Waals surface area contributed by atoms with Crippen LogP contribution in [0.1, 0.15) is 44.6 Å². The first-order chi connectivity index (χ1) is 13.9. The predicted octanol–water partition coefficient (Wildman–Crippen LogP) is 2.67. The van der Waals surface area contributed by atoms with Crippen molar-refractivity contribution in [3.05, 3.63) is 35.9 Å². The normalized spacial score (nSPS) is 27.1. The van der Waals surface area contributed by atoms with Gasteiger partial charge < -0.3 is 15.2 Å². The van der Waals surface area contributed by atoms with Crippen LogP contribution < -0.4 is 5.73 Å². The zero-order chi connectivity index (χ0) is 21.1. The molecular weight excluding hydrogens is 372 g/mol. The number of hydrogen-bond donors (Lipinski definition) is 1. The molecule has 0 aromatic heterocycles. The third-order valence-electron chi connectivity index (χ3n) is 6.88. The van der Waals surface area contributed by atoms with Crippen LogP contribution in [-0.4, -0.2) is 48.5 Å². The van der Waals surface area contributed by atoms with Crippen molar-refractivity contribution in [2.45, 2.75) is 51.2 Å². The van der Waals surface area contributed by atoms with E-state index in [0.717, 1.165) is 31.2 Å². The monoisotopic (exact) mass is 402 g/mol. The van der Waals surface area contributed by atoms with Crippen molar-refractivity contribution >= 4 is 17.8 Å². The van der Waals surface area contributed by atoms with E-state index in [1.54, 1.807) is 6.92 Å². The molecule has 2 aliphatic rings. The van der Waals surface area contributed by atoms with Crippen LogP contribution in [0.5, 0.6) is 0 Å². The van der Waals surface area contributed by atoms with E-state index >= 15 is 0 Å². The quantitative estimate of drug-likeness (QED) is 0.735. The maximum Gasteiger partial charge on any atom is 0.411 e. The Morgan fingerprint density at radius 3 is 2.41 bits per heavy atom. The van der Waals surface area contributed by atoms with Crippen LogP contribution in [-0.2, 0) is 25.7 Å². The Morgan fingerprint density at radius 2 is 1.83 bits per heavy atom. The molecule has 2 fully saturated rings. The van der Waals surface area contributed by atoms with Crippen molar-refractivity contribution in [2.24, 2.45) is 17.1 Å². The number of rotatable bonds is 6. The number of Topliss-reactive ketones (excluding diaryl/α,β-unsaturated/α-hetero) is 1. The number of nitrogens with two attached hydrogens (primary N) is 1. The van der Waals surface area contributed by atoms with Crippen molar-refractivity contribution in [1.29, 1.82) is 0 Å². The lowest BCUT2D eigenvalue weighted by molar-refractivity contribution is -0.165. The number of carbonyl (C=O) groups is 3. The molecule has 29 heavy (non-hydrogen) atoms. The zero-order valence-electron chi connectivity index (χ0n) is 17.2. The van der Waals surface area contributed by atoms with E-state index in [-0.39, 0.29) is 31.4 Å². The Kier molecular flexibility index (Phi) is 6.27. The third kappa shape index (κ3) is 3.41. The second kappa shape index (κ2) is 8.53. The molecule has 158 valence electrons. The molecule has 1 amide bonds. The third-order valence-corrected chi connectivity index (χ3v) is 6.88. The average molecular weight is 402 g/mol. The van der Waals surface area contributed by atoms with Crippen molar-refractivity contribution in [3.8, 4) is 0 Å². The molecule has 1 aliphatic carbocycles. The van der Waals surface area contributed by atoms with Gasteiger partial charge in [0.1, 0.15) is 6.61 Å². The molecule has 2 atom stereocenters. The SMILES string of the molecule is COC(=O)[C@@]1(C)N(C(=O)OCc2ccccc2)CCC1(C(=O)CN)C1CCCC1. The van der Waals surface area contributed by atoms with E-state index in [9.17, 15) is 14.4 Å². The molecule has 1 heterocycles. The van der Waals surface area contributed by atoms with E-state index in [4.69, 9.17) is 15.2 Å². The Bertz CT molecular complexity index is 762. The Labute approximate surface area is 171 Å². The van der Waals surface area contributed by atoms with Crippen LogP contribution in [0.3, 0.4) is 0 Å². The van der Waals surface area contributed by atoms with E-state index in [1.165, 1.54) is 12.0 Å². The first-order valence-corrected chi connectivity index (χ1v) is 10.2. The van der Waals surface area contributed by atoms with Gasteiger partial charge in [0.25, 0.3) is 0 Å². The summed E-state index contributed by atoms with van der Waals surface area (Å²) in [7, 11) is 1.28. The molecule has 7 nitrogen and oxygen atoms in total. The Hall–Kier alpha value is -2.41. The number of ether oxygens (including phenoxy) is 2. The fourth-order valence-electron chi connectivity index (χ4n) is 5.40. The van der Waals surface area contributed by atoms with Crippen LogP contribution in [0, 0.1) is 11.3 Å². The lowest BCUT2D eigenvalue weighted by Gasteiger charge is -2.46. The second-order valence-corrected chi connectivity index (χ2v) is 8.09. The smallest absolute Gasteiger partial charge is 0.411 e. The summed E-state index contributed by atoms with van der Waals surface area (Å²) in [6.45, 7) is 1.81. The molecule has 0 bridgehead atoms. The Balaban J connectivity index is 1.94. The van der Waals surface area contributed by atoms with Gasteiger partial charge in [0.05, 0.1) is 19.1 Å². The van der Waals surface area contributed by atoms with Crippen LogP contribution in [0.15, 0.2) is 30.3 Å². The van der Waals surface area contributed by atoms with Gasteiger partial charge in [0, 0.05) is 6.54 Å². The zero-order valence-corrected chi connectivity index (χ0v) is 17.2. The highest BCUT2D eigenvalue weighted by Crippen LogP contribution is 2.56. The molecule has 1 aromatic rings. The molecule has 0 radical (unpaired) electrons. The lowest BCUT2D eigenvalue weighted by atomic mass is 9.59. The summed E-state index contributed by atoms with van der Waals surface area (Å²) >= 11 is 0. The first-order valence-electron chi connectivity index (χ1n) is 10.2. The standard InChI is InChI=1S/C22H30N2O5/c1-21(19(26)28-2)22(18(25)14-23,17-10-6-7-11-17)12-13-24(21)20(27)29-15-16-8-4-3-5-9-16/h3-5,8-9,17H,6-7,10-15,23H2,1-2H3/t21-,22?/m1/s1. The molecule has 1 aromatic carbocycles. The molecule has 3 rings (SSSR count). The van der Waals surface area contributed by atoms with Gasteiger partial charge in [-0.2, -0.15) is 0 Å². The van der Waals surface area contributed by atoms with Crippen LogP contribution in [0.4, 0.5) is 4.79 Å². The summed E-state index contributed by atoms with van der Waals surface area (Å²) in [6, 6.07) is 9.33. The number of benzene rings is 1. The number of amides is 1. The fraction of sp³-hybridized carbons (Fsp3) is 0.591. The molecule has 2 N–H and O–H groups in total. The van der Waals surface area contributed by atoms with Gasteiger partial charge in [-0.05, 0) is 37.7 Å². The predicted molar refractivity (Wildman–Crippen MR) is 107 cm³/mol. The number of esters is 1. The molecule has 1 saturated heterocycles. The molecule has 1 unspecified atom stereocenters. The Morgan fingerprint density at radius 1 is 1.17 bits per heavy atom. The van der Waals surface area contributed by atoms with Gasteiger partial charge in [-0.3, -0.25) is 9.69 Å². The number of likely N-dealkylation sites (tertiary alicyclic amines) is 1. The van der Waals surface area contributed by atoms with Gasteiger partial charge in [0.2, 0.25) is 0 Å². The summed E-state index contributed by atoms with van der Waals surface area (Å²) in [5.74, 6) is -0.786. The highest BCUT2D eigenvalue weighted by atomic mass is 16.6. The van der Waals surface area contributed by atoms with E-state index in [1.807, 2.05) is 30.3 Å². The summed E-state index contributed by atoms with van der Waals surface area (Å²) in [4.78, 5) is 40.7. The van der Waals surface area contributed by atoms with Crippen LogP contribution in [0.2, 0.25) is 0 Å². The number of carbonyl (C=O) groups excluding carboxylic acids is 3. The van der Waals surface area contributed by atoms with E-state index < -0.39 is 23.0 Å². The summed E-state index contributed by atoms with van der Waals surface area (Å²) in [5, 5.41) is 0. The molecule has 1 aliphatic heterocycles. The molecule has 1 saturated carbocycles. The van der Waals surface area contributed by atoms with Crippen molar-refractivity contribution in [1.82, 2.24) is 4.90 Å². The van der Waals surface area contributed by atoms with Crippen molar-refractivity contribution in [2.75, 3.05) is 20.2 Å². The molecule has 0 spiro atoms. The minimum absolute atomic E-state index is 0.00502. The lowest BCUT2D eigenvalue weighted by Crippen LogP contribution is -2.65. The summed E-state index contributed by atoms with van der Waals surface area (Å²) < 4.78 is 10.6. The van der Waals surface area contributed by atoms with Crippen LogP contribution >= 0.6 is 0 Å². The number of methoxy groups -OCH3 is 1. The summed E-state index contributed by atoms with van der Waals surface area (Å²) in [5.41, 5.74) is 4.15. The highest BCUT2D eigenvalue weighted by Gasteiger charge is 2.69. The van der Waals surface area contributed by atoms with Gasteiger partial charge >= 0.3 is 12.1 Å². The van der Waals surface area contributed by atoms with E-state index in [0.29, 0.717) is 6.42 Å². The minimum Gasteiger partial charge on any atom is -0.467 e. The molecular formula is C22H30N2O5. The average Bonchev–Trinajstić information content (AvgIpc) is 3.39. The second-order valence-electron chi connectivity index (χ2n) is 8.09. The highest BCUT2D eigenvalue weighted by molar-refractivity contribution is 5.99. The van der Waals surface area contributed by atoms with Gasteiger partial charge in [0.15, 0.2) is 11.3 Å². The van der Waals surface area contributed by atoms with Crippen molar-refractivity contribution in [3.63, 3.8) is 0 Å². The van der Waals surface area contributed by atoms with Crippen LogP contribution in [0.25, 0.3) is 0 Å². The van der Waals surface area contributed by atoms with Gasteiger partial charge in [-0.15, -0.1) is 0 Å². The number of hydrogen-bond acceptors (Lipinski definition) is 6.